The van der Waals surface area contributed by atoms with Gasteiger partial charge in [0.25, 0.3) is 11.6 Å². The number of nitrogens with one attached hydrogen (secondary N) is 1. The molecule has 0 aliphatic rings. The molecule has 0 aliphatic heterocycles. The molecule has 0 saturated carbocycles. The molecule has 108 valence electrons. The third kappa shape index (κ3) is 3.20. The number of nitriles is 1. The zero-order valence-corrected chi connectivity index (χ0v) is 11.8. The molecule has 0 fully saturated rings. The molecule has 0 atom stereocenters. The third-order valence-electron chi connectivity index (χ3n) is 2.82. The molecule has 6 heteroatoms. The van der Waals surface area contributed by atoms with Crippen molar-refractivity contribution < 1.29 is 9.47 Å². The van der Waals surface area contributed by atoms with Crippen LogP contribution in [0.25, 0.3) is 11.3 Å². The van der Waals surface area contributed by atoms with Gasteiger partial charge in [-0.2, -0.15) is 10.2 Å². The molecule has 2 rings (SSSR count). The standard InChI is InChI=1S/C15H15N3O3/c1-3-8-21-15-17-13(12(9-16)14(19)18-15)10-4-6-11(20-2)7-5-10/h4-7H,3,8H2,1-2H3,(H,17,18,19). The summed E-state index contributed by atoms with van der Waals surface area (Å²) in [5, 5.41) is 9.15. The van der Waals surface area contributed by atoms with Gasteiger partial charge in [-0.25, -0.2) is 0 Å². The van der Waals surface area contributed by atoms with Crippen LogP contribution in [0.4, 0.5) is 0 Å². The summed E-state index contributed by atoms with van der Waals surface area (Å²) in [7, 11) is 1.57. The summed E-state index contributed by atoms with van der Waals surface area (Å²) in [6.07, 6.45) is 0.793. The molecule has 21 heavy (non-hydrogen) atoms. The van der Waals surface area contributed by atoms with E-state index in [1.807, 2.05) is 13.0 Å². The highest BCUT2D eigenvalue weighted by Crippen LogP contribution is 2.23. The van der Waals surface area contributed by atoms with Crippen molar-refractivity contribution in [3.05, 3.63) is 40.2 Å². The Bertz CT molecular complexity index is 714. The maximum atomic E-state index is 11.9. The van der Waals surface area contributed by atoms with Gasteiger partial charge in [0, 0.05) is 5.56 Å². The lowest BCUT2D eigenvalue weighted by molar-refractivity contribution is 0.291. The first-order chi connectivity index (χ1) is 10.2. The van der Waals surface area contributed by atoms with E-state index < -0.39 is 5.56 Å². The highest BCUT2D eigenvalue weighted by atomic mass is 16.5. The fraction of sp³-hybridized carbons (Fsp3) is 0.267. The lowest BCUT2D eigenvalue weighted by Gasteiger charge is -2.08. The summed E-state index contributed by atoms with van der Waals surface area (Å²) < 4.78 is 10.4. The van der Waals surface area contributed by atoms with Gasteiger partial charge in [0.05, 0.1) is 19.4 Å². The number of hydrogen-bond donors (Lipinski definition) is 1. The van der Waals surface area contributed by atoms with E-state index in [9.17, 15) is 4.79 Å². The number of ether oxygens (including phenoxy) is 2. The van der Waals surface area contributed by atoms with Gasteiger partial charge in [0.1, 0.15) is 17.4 Å². The molecule has 1 heterocycles. The Labute approximate surface area is 122 Å². The molecule has 1 N–H and O–H groups in total. The average molecular weight is 285 g/mol. The summed E-state index contributed by atoms with van der Waals surface area (Å²) in [4.78, 5) is 18.6. The summed E-state index contributed by atoms with van der Waals surface area (Å²) in [5.74, 6) is 0.685. The molecule has 0 unspecified atom stereocenters. The van der Waals surface area contributed by atoms with Crippen LogP contribution in [0.5, 0.6) is 11.8 Å². The van der Waals surface area contributed by atoms with E-state index in [1.54, 1.807) is 31.4 Å². The Morgan fingerprint density at radius 1 is 1.33 bits per heavy atom. The maximum Gasteiger partial charge on any atom is 0.297 e. The fourth-order valence-electron chi connectivity index (χ4n) is 1.78. The number of aromatic nitrogens is 2. The normalized spacial score (nSPS) is 9.95. The highest BCUT2D eigenvalue weighted by molar-refractivity contribution is 5.66. The van der Waals surface area contributed by atoms with Crippen LogP contribution < -0.4 is 15.0 Å². The zero-order valence-electron chi connectivity index (χ0n) is 11.8. The van der Waals surface area contributed by atoms with Gasteiger partial charge in [-0.15, -0.1) is 0 Å². The van der Waals surface area contributed by atoms with Crippen molar-refractivity contribution in [1.82, 2.24) is 9.97 Å². The van der Waals surface area contributed by atoms with E-state index in [2.05, 4.69) is 9.97 Å². The van der Waals surface area contributed by atoms with Gasteiger partial charge in [-0.3, -0.25) is 9.78 Å². The SMILES string of the molecule is CCCOc1nc(-c2ccc(OC)cc2)c(C#N)c(=O)[nH]1. The minimum atomic E-state index is -0.510. The van der Waals surface area contributed by atoms with Crippen LogP contribution in [0.15, 0.2) is 29.1 Å². The van der Waals surface area contributed by atoms with Crippen molar-refractivity contribution >= 4 is 0 Å². The molecule has 0 radical (unpaired) electrons. The van der Waals surface area contributed by atoms with Crippen molar-refractivity contribution in [2.45, 2.75) is 13.3 Å². The van der Waals surface area contributed by atoms with Gasteiger partial charge >= 0.3 is 0 Å². The minimum Gasteiger partial charge on any atom is -0.497 e. The second kappa shape index (κ2) is 6.57. The predicted octanol–water partition coefficient (Wildman–Crippen LogP) is 2.11. The summed E-state index contributed by atoms with van der Waals surface area (Å²) >= 11 is 0. The van der Waals surface area contributed by atoms with Gasteiger partial charge in [-0.05, 0) is 30.7 Å². The predicted molar refractivity (Wildman–Crippen MR) is 77.3 cm³/mol. The van der Waals surface area contributed by atoms with Crippen LogP contribution in [-0.2, 0) is 0 Å². The van der Waals surface area contributed by atoms with E-state index in [4.69, 9.17) is 14.7 Å². The van der Waals surface area contributed by atoms with E-state index in [0.29, 0.717) is 23.6 Å². The second-order valence-corrected chi connectivity index (χ2v) is 4.28. The van der Waals surface area contributed by atoms with Crippen molar-refractivity contribution in [2.24, 2.45) is 0 Å². The summed E-state index contributed by atoms with van der Waals surface area (Å²) in [6, 6.07) is 8.96. The molecular formula is C15H15N3O3. The zero-order chi connectivity index (χ0) is 15.2. The minimum absolute atomic E-state index is 0.0379. The lowest BCUT2D eigenvalue weighted by atomic mass is 10.1. The van der Waals surface area contributed by atoms with Gasteiger partial charge in [0.2, 0.25) is 0 Å². The van der Waals surface area contributed by atoms with Gasteiger partial charge in [0.15, 0.2) is 0 Å². The average Bonchev–Trinajstić information content (AvgIpc) is 2.52. The van der Waals surface area contributed by atoms with Crippen LogP contribution in [0, 0.1) is 11.3 Å². The fourth-order valence-corrected chi connectivity index (χ4v) is 1.78. The van der Waals surface area contributed by atoms with E-state index in [0.717, 1.165) is 6.42 Å². The second-order valence-electron chi connectivity index (χ2n) is 4.28. The van der Waals surface area contributed by atoms with Crippen LogP contribution in [-0.4, -0.2) is 23.7 Å². The Kier molecular flexibility index (Phi) is 4.57. The first-order valence-electron chi connectivity index (χ1n) is 6.51. The van der Waals surface area contributed by atoms with E-state index in [-0.39, 0.29) is 11.6 Å². The highest BCUT2D eigenvalue weighted by Gasteiger charge is 2.14. The van der Waals surface area contributed by atoms with Crippen LogP contribution in [0.3, 0.4) is 0 Å². The summed E-state index contributed by atoms with van der Waals surface area (Å²) in [5.41, 5.74) is 0.406. The first kappa shape index (κ1) is 14.6. The van der Waals surface area contributed by atoms with E-state index in [1.165, 1.54) is 0 Å². The Hall–Kier alpha value is -2.81. The van der Waals surface area contributed by atoms with Crippen LogP contribution in [0.2, 0.25) is 0 Å². The van der Waals surface area contributed by atoms with Gasteiger partial charge < -0.3 is 9.47 Å². The number of rotatable bonds is 5. The maximum absolute atomic E-state index is 11.9. The number of benzene rings is 1. The quantitative estimate of drug-likeness (QED) is 0.908. The molecular weight excluding hydrogens is 270 g/mol. The molecule has 0 saturated heterocycles. The monoisotopic (exact) mass is 285 g/mol. The van der Waals surface area contributed by atoms with Crippen molar-refractivity contribution in [3.8, 4) is 29.1 Å². The number of hydrogen-bond acceptors (Lipinski definition) is 5. The molecule has 2 aromatic rings. The van der Waals surface area contributed by atoms with Crippen molar-refractivity contribution in [2.75, 3.05) is 13.7 Å². The van der Waals surface area contributed by atoms with Gasteiger partial charge in [-0.1, -0.05) is 6.92 Å². The number of nitrogens with zero attached hydrogens (tertiary/aromatic N) is 2. The van der Waals surface area contributed by atoms with Crippen molar-refractivity contribution in [3.63, 3.8) is 0 Å². The van der Waals surface area contributed by atoms with Crippen LogP contribution >= 0.6 is 0 Å². The van der Waals surface area contributed by atoms with E-state index >= 15 is 0 Å². The number of aromatic amines is 1. The van der Waals surface area contributed by atoms with Crippen molar-refractivity contribution in [1.29, 1.82) is 5.26 Å². The smallest absolute Gasteiger partial charge is 0.297 e. The molecule has 0 bridgehead atoms. The number of methoxy groups -OCH3 is 1. The largest absolute Gasteiger partial charge is 0.497 e. The Morgan fingerprint density at radius 3 is 2.62 bits per heavy atom. The summed E-state index contributed by atoms with van der Waals surface area (Å²) in [6.45, 7) is 2.39. The Morgan fingerprint density at radius 2 is 2.05 bits per heavy atom. The molecule has 1 aromatic heterocycles. The molecule has 0 spiro atoms. The topological polar surface area (TPSA) is 88.0 Å². The lowest BCUT2D eigenvalue weighted by Crippen LogP contribution is -2.16. The number of H-pyrrole nitrogens is 1. The molecule has 1 aromatic carbocycles. The molecule has 0 aliphatic carbocycles. The first-order valence-corrected chi connectivity index (χ1v) is 6.51. The third-order valence-corrected chi connectivity index (χ3v) is 2.82. The molecule has 0 amide bonds. The van der Waals surface area contributed by atoms with Crippen LogP contribution in [0.1, 0.15) is 18.9 Å². The Balaban J connectivity index is 2.51. The molecule has 6 nitrogen and oxygen atoms in total.